The summed E-state index contributed by atoms with van der Waals surface area (Å²) in [5.41, 5.74) is 1.89. The molecule has 0 saturated carbocycles. The molecular weight excluding hydrogens is 368 g/mol. The number of nitrogens with zero attached hydrogens (tertiary/aromatic N) is 2. The van der Waals surface area contributed by atoms with Gasteiger partial charge in [0.2, 0.25) is 0 Å². The van der Waals surface area contributed by atoms with Crippen molar-refractivity contribution in [2.75, 3.05) is 46.5 Å². The van der Waals surface area contributed by atoms with E-state index in [4.69, 9.17) is 9.47 Å². The van der Waals surface area contributed by atoms with Crippen LogP contribution in [-0.4, -0.2) is 69.4 Å². The second-order valence-corrected chi connectivity index (χ2v) is 7.61. The Morgan fingerprint density at radius 1 is 1.21 bits per heavy atom. The van der Waals surface area contributed by atoms with Crippen LogP contribution in [0.1, 0.15) is 48.0 Å². The highest BCUT2D eigenvalue weighted by atomic mass is 16.5. The predicted molar refractivity (Wildman–Crippen MR) is 114 cm³/mol. The Hall–Kier alpha value is -2.12. The van der Waals surface area contributed by atoms with Crippen molar-refractivity contribution < 1.29 is 14.3 Å². The second-order valence-electron chi connectivity index (χ2n) is 7.61. The van der Waals surface area contributed by atoms with Crippen LogP contribution < -0.4 is 10.6 Å². The Labute approximate surface area is 173 Å². The molecule has 2 N–H and O–H groups in total. The Bertz CT molecular complexity index is 651. The molecule has 0 spiro atoms. The molecule has 2 heterocycles. The Kier molecular flexibility index (Phi) is 8.77. The van der Waals surface area contributed by atoms with Gasteiger partial charge >= 0.3 is 0 Å². The smallest absolute Gasteiger partial charge is 0.253 e. The van der Waals surface area contributed by atoms with Gasteiger partial charge in [-0.3, -0.25) is 9.79 Å². The standard InChI is InChI=1S/C22H34N4O3/c1-23-22(24-11-5-14-29-20-10-15-28-17-20)25-16-18-6-8-19(9-7-18)21(27)26-12-3-2-4-13-26/h6-9,20H,2-5,10-17H2,1H3,(H2,23,24,25). The quantitative estimate of drug-likeness (QED) is 0.396. The second kappa shape index (κ2) is 11.8. The lowest BCUT2D eigenvalue weighted by Gasteiger charge is -2.26. The van der Waals surface area contributed by atoms with Gasteiger partial charge < -0.3 is 25.0 Å². The van der Waals surface area contributed by atoms with E-state index >= 15 is 0 Å². The number of rotatable bonds is 8. The molecule has 2 aliphatic rings. The number of benzene rings is 1. The van der Waals surface area contributed by atoms with E-state index in [-0.39, 0.29) is 12.0 Å². The van der Waals surface area contributed by atoms with Crippen molar-refractivity contribution in [3.8, 4) is 0 Å². The molecule has 1 amide bonds. The van der Waals surface area contributed by atoms with Crippen molar-refractivity contribution in [1.82, 2.24) is 15.5 Å². The molecule has 2 aliphatic heterocycles. The lowest BCUT2D eigenvalue weighted by atomic mass is 10.1. The number of aliphatic imine (C=N–C) groups is 1. The number of hydrogen-bond acceptors (Lipinski definition) is 4. The first kappa shape index (κ1) is 21.6. The van der Waals surface area contributed by atoms with Gasteiger partial charge in [0.05, 0.1) is 12.7 Å². The molecule has 1 atom stereocenters. The van der Waals surface area contributed by atoms with E-state index in [1.165, 1.54) is 6.42 Å². The van der Waals surface area contributed by atoms with Crippen LogP contribution in [0.2, 0.25) is 0 Å². The van der Waals surface area contributed by atoms with Crippen molar-refractivity contribution in [2.45, 2.75) is 44.8 Å². The van der Waals surface area contributed by atoms with Crippen LogP contribution in [0.25, 0.3) is 0 Å². The fourth-order valence-corrected chi connectivity index (χ4v) is 3.62. The number of carbonyl (C=O) groups excluding carboxylic acids is 1. The summed E-state index contributed by atoms with van der Waals surface area (Å²) < 4.78 is 11.1. The molecule has 3 rings (SSSR count). The predicted octanol–water partition coefficient (Wildman–Crippen LogP) is 2.17. The van der Waals surface area contributed by atoms with Crippen molar-refractivity contribution in [1.29, 1.82) is 0 Å². The zero-order valence-corrected chi connectivity index (χ0v) is 17.5. The molecule has 29 heavy (non-hydrogen) atoms. The highest BCUT2D eigenvalue weighted by Crippen LogP contribution is 2.14. The Balaban J connectivity index is 1.34. The van der Waals surface area contributed by atoms with Gasteiger partial charge in [-0.05, 0) is 49.8 Å². The molecule has 0 aromatic heterocycles. The zero-order valence-electron chi connectivity index (χ0n) is 17.5. The summed E-state index contributed by atoms with van der Waals surface area (Å²) in [4.78, 5) is 18.8. The summed E-state index contributed by atoms with van der Waals surface area (Å²) in [5.74, 6) is 0.913. The highest BCUT2D eigenvalue weighted by molar-refractivity contribution is 5.94. The van der Waals surface area contributed by atoms with Gasteiger partial charge in [0, 0.05) is 52.0 Å². The number of amides is 1. The molecule has 160 valence electrons. The average molecular weight is 403 g/mol. The number of likely N-dealkylation sites (tertiary alicyclic amines) is 1. The van der Waals surface area contributed by atoms with Crippen molar-refractivity contribution in [2.24, 2.45) is 4.99 Å². The van der Waals surface area contributed by atoms with E-state index in [9.17, 15) is 4.79 Å². The molecule has 1 unspecified atom stereocenters. The third-order valence-corrected chi connectivity index (χ3v) is 5.38. The largest absolute Gasteiger partial charge is 0.379 e. The van der Waals surface area contributed by atoms with Crippen molar-refractivity contribution >= 4 is 11.9 Å². The maximum Gasteiger partial charge on any atom is 0.253 e. The minimum absolute atomic E-state index is 0.146. The average Bonchev–Trinajstić information content (AvgIpc) is 3.30. The lowest BCUT2D eigenvalue weighted by molar-refractivity contribution is 0.0420. The topological polar surface area (TPSA) is 75.2 Å². The van der Waals surface area contributed by atoms with Gasteiger partial charge in [-0.1, -0.05) is 12.1 Å². The molecule has 0 radical (unpaired) electrons. The molecule has 0 aliphatic carbocycles. The first-order valence-electron chi connectivity index (χ1n) is 10.8. The van der Waals surface area contributed by atoms with E-state index in [2.05, 4.69) is 15.6 Å². The third kappa shape index (κ3) is 7.01. The number of ether oxygens (including phenoxy) is 2. The van der Waals surface area contributed by atoms with Crippen LogP contribution >= 0.6 is 0 Å². The van der Waals surface area contributed by atoms with Crippen LogP contribution in [0.3, 0.4) is 0 Å². The van der Waals surface area contributed by atoms with Gasteiger partial charge in [0.15, 0.2) is 5.96 Å². The fraction of sp³-hybridized carbons (Fsp3) is 0.636. The molecule has 0 bridgehead atoms. The SMILES string of the molecule is CN=C(NCCCOC1CCOC1)NCc1ccc(C(=O)N2CCCCC2)cc1. The number of carbonyl (C=O) groups is 1. The molecule has 2 fully saturated rings. The maximum absolute atomic E-state index is 12.5. The first-order valence-corrected chi connectivity index (χ1v) is 10.8. The summed E-state index contributed by atoms with van der Waals surface area (Å²) in [6.07, 6.45) is 5.63. The van der Waals surface area contributed by atoms with Gasteiger partial charge in [0.1, 0.15) is 0 Å². The van der Waals surface area contributed by atoms with Gasteiger partial charge in [0.25, 0.3) is 5.91 Å². The minimum Gasteiger partial charge on any atom is -0.379 e. The Morgan fingerprint density at radius 2 is 2.00 bits per heavy atom. The van der Waals surface area contributed by atoms with E-state index in [0.717, 1.165) is 82.2 Å². The van der Waals surface area contributed by atoms with Crippen LogP contribution in [0, 0.1) is 0 Å². The van der Waals surface area contributed by atoms with Gasteiger partial charge in [-0.15, -0.1) is 0 Å². The van der Waals surface area contributed by atoms with E-state index < -0.39 is 0 Å². The molecule has 1 aromatic rings. The van der Waals surface area contributed by atoms with Crippen molar-refractivity contribution in [3.05, 3.63) is 35.4 Å². The zero-order chi connectivity index (χ0) is 20.3. The number of hydrogen-bond donors (Lipinski definition) is 2. The summed E-state index contributed by atoms with van der Waals surface area (Å²) in [7, 11) is 1.77. The minimum atomic E-state index is 0.146. The molecule has 2 saturated heterocycles. The number of piperidine rings is 1. The Morgan fingerprint density at radius 3 is 2.69 bits per heavy atom. The molecular formula is C22H34N4O3. The summed E-state index contributed by atoms with van der Waals surface area (Å²) in [6.45, 7) is 5.48. The van der Waals surface area contributed by atoms with E-state index in [1.807, 2.05) is 29.2 Å². The van der Waals surface area contributed by atoms with Crippen molar-refractivity contribution in [3.63, 3.8) is 0 Å². The number of nitrogens with one attached hydrogen (secondary N) is 2. The van der Waals surface area contributed by atoms with Crippen LogP contribution in [0.4, 0.5) is 0 Å². The first-order chi connectivity index (χ1) is 14.3. The normalized spacial score (nSPS) is 20.0. The van der Waals surface area contributed by atoms with Crippen LogP contribution in [0.5, 0.6) is 0 Å². The lowest BCUT2D eigenvalue weighted by Crippen LogP contribution is -2.37. The molecule has 7 nitrogen and oxygen atoms in total. The van der Waals surface area contributed by atoms with E-state index in [0.29, 0.717) is 6.54 Å². The molecule has 7 heteroatoms. The summed E-state index contributed by atoms with van der Waals surface area (Å²) in [6, 6.07) is 7.87. The summed E-state index contributed by atoms with van der Waals surface area (Å²) >= 11 is 0. The molecule has 1 aromatic carbocycles. The monoisotopic (exact) mass is 402 g/mol. The highest BCUT2D eigenvalue weighted by Gasteiger charge is 2.18. The third-order valence-electron chi connectivity index (χ3n) is 5.38. The van der Waals surface area contributed by atoms with Crippen LogP contribution in [0.15, 0.2) is 29.3 Å². The van der Waals surface area contributed by atoms with Gasteiger partial charge in [-0.2, -0.15) is 0 Å². The summed E-state index contributed by atoms with van der Waals surface area (Å²) in [5, 5.41) is 6.62. The van der Waals surface area contributed by atoms with Crippen LogP contribution in [-0.2, 0) is 16.0 Å². The number of guanidine groups is 1. The van der Waals surface area contributed by atoms with E-state index in [1.54, 1.807) is 7.05 Å². The fourth-order valence-electron chi connectivity index (χ4n) is 3.62. The van der Waals surface area contributed by atoms with Gasteiger partial charge in [-0.25, -0.2) is 0 Å². The maximum atomic E-state index is 12.5.